The van der Waals surface area contributed by atoms with Crippen molar-refractivity contribution in [2.24, 2.45) is 11.8 Å². The molecule has 0 spiro atoms. The molecule has 22 heavy (non-hydrogen) atoms. The zero-order chi connectivity index (χ0) is 18.1. The SMILES string of the molecule is COC(=O)[C@H](O)C(C)C.COC(=O)[C@H](OS(C)(=O)=O)C(C)C. The van der Waals surface area contributed by atoms with Gasteiger partial charge in [-0.05, 0) is 11.8 Å². The lowest BCUT2D eigenvalue weighted by Crippen LogP contribution is -2.32. The summed E-state index contributed by atoms with van der Waals surface area (Å²) in [5.74, 6) is -1.56. The van der Waals surface area contributed by atoms with Crippen molar-refractivity contribution < 1.29 is 36.8 Å². The van der Waals surface area contributed by atoms with Crippen LogP contribution in [0, 0.1) is 11.8 Å². The van der Waals surface area contributed by atoms with Gasteiger partial charge in [-0.25, -0.2) is 9.59 Å². The number of hydrogen-bond acceptors (Lipinski definition) is 8. The number of aliphatic hydroxyl groups excluding tert-OH is 1. The first-order valence-electron chi connectivity index (χ1n) is 6.59. The summed E-state index contributed by atoms with van der Waals surface area (Å²) < 4.78 is 34.7. The van der Waals surface area contributed by atoms with Crippen molar-refractivity contribution in [3.05, 3.63) is 0 Å². The molecule has 132 valence electrons. The molecule has 0 bridgehead atoms. The van der Waals surface area contributed by atoms with Gasteiger partial charge in [-0.2, -0.15) is 8.42 Å². The van der Waals surface area contributed by atoms with Crippen LogP contribution in [0.15, 0.2) is 0 Å². The van der Waals surface area contributed by atoms with Crippen molar-refractivity contribution in [1.82, 2.24) is 0 Å². The fourth-order valence-electron chi connectivity index (χ4n) is 1.12. The topological polar surface area (TPSA) is 116 Å². The fourth-order valence-corrected chi connectivity index (χ4v) is 1.80. The van der Waals surface area contributed by atoms with Crippen LogP contribution in [0.2, 0.25) is 0 Å². The van der Waals surface area contributed by atoms with Crippen LogP contribution in [-0.2, 0) is 33.4 Å². The molecule has 8 nitrogen and oxygen atoms in total. The summed E-state index contributed by atoms with van der Waals surface area (Å²) in [6.45, 7) is 6.85. The molecule has 0 saturated heterocycles. The van der Waals surface area contributed by atoms with E-state index in [1.54, 1.807) is 27.7 Å². The van der Waals surface area contributed by atoms with Crippen LogP contribution in [0.25, 0.3) is 0 Å². The van der Waals surface area contributed by atoms with Crippen LogP contribution < -0.4 is 0 Å². The Bertz CT molecular complexity index is 441. The predicted octanol–water partition coefficient (Wildman–Crippen LogP) is 0.337. The van der Waals surface area contributed by atoms with E-state index >= 15 is 0 Å². The standard InChI is InChI=1S/C7H14O5S.C6H12O3/c1-5(2)6(7(8)11-3)12-13(4,9)10;1-4(2)5(7)6(8)9-3/h5-6H,1-4H3;4-5,7H,1-3H3/t6-;5-/m11/s1. The maximum atomic E-state index is 11.0. The number of aliphatic hydroxyl groups is 1. The van der Waals surface area contributed by atoms with Crippen LogP contribution in [0.1, 0.15) is 27.7 Å². The van der Waals surface area contributed by atoms with Crippen LogP contribution in [0.5, 0.6) is 0 Å². The van der Waals surface area contributed by atoms with Crippen molar-refractivity contribution in [1.29, 1.82) is 0 Å². The molecular formula is C13H26O8S. The second kappa shape index (κ2) is 10.5. The van der Waals surface area contributed by atoms with Gasteiger partial charge in [-0.1, -0.05) is 27.7 Å². The highest BCUT2D eigenvalue weighted by molar-refractivity contribution is 7.86. The van der Waals surface area contributed by atoms with Gasteiger partial charge in [0.05, 0.1) is 20.5 Å². The van der Waals surface area contributed by atoms with E-state index < -0.39 is 34.3 Å². The van der Waals surface area contributed by atoms with Gasteiger partial charge in [-0.15, -0.1) is 0 Å². The third kappa shape index (κ3) is 10.5. The molecular weight excluding hydrogens is 316 g/mol. The molecule has 9 heteroatoms. The van der Waals surface area contributed by atoms with E-state index in [0.717, 1.165) is 6.26 Å². The molecule has 0 heterocycles. The molecule has 0 aliphatic rings. The Morgan fingerprint density at radius 2 is 1.32 bits per heavy atom. The Hall–Kier alpha value is -1.19. The van der Waals surface area contributed by atoms with Gasteiger partial charge in [0, 0.05) is 0 Å². The average molecular weight is 342 g/mol. The van der Waals surface area contributed by atoms with Crippen molar-refractivity contribution in [3.63, 3.8) is 0 Å². The summed E-state index contributed by atoms with van der Waals surface area (Å²) in [4.78, 5) is 21.5. The zero-order valence-corrected chi connectivity index (χ0v) is 14.8. The monoisotopic (exact) mass is 342 g/mol. The zero-order valence-electron chi connectivity index (χ0n) is 14.0. The van der Waals surface area contributed by atoms with Crippen molar-refractivity contribution in [2.45, 2.75) is 39.9 Å². The second-order valence-corrected chi connectivity index (χ2v) is 6.80. The van der Waals surface area contributed by atoms with E-state index in [0.29, 0.717) is 0 Å². The third-order valence-electron chi connectivity index (χ3n) is 2.39. The molecule has 0 aromatic carbocycles. The summed E-state index contributed by atoms with van der Waals surface area (Å²) in [5, 5.41) is 8.92. The van der Waals surface area contributed by atoms with Gasteiger partial charge in [-0.3, -0.25) is 4.18 Å². The Morgan fingerprint density at radius 3 is 1.50 bits per heavy atom. The highest BCUT2D eigenvalue weighted by Crippen LogP contribution is 2.10. The molecule has 0 radical (unpaired) electrons. The lowest BCUT2D eigenvalue weighted by molar-refractivity contribution is -0.152. The number of esters is 2. The second-order valence-electron chi connectivity index (χ2n) is 5.20. The molecule has 0 unspecified atom stereocenters. The number of methoxy groups -OCH3 is 2. The molecule has 0 saturated carbocycles. The lowest BCUT2D eigenvalue weighted by atomic mass is 10.1. The van der Waals surface area contributed by atoms with E-state index in [2.05, 4.69) is 13.7 Å². The van der Waals surface area contributed by atoms with E-state index in [-0.39, 0.29) is 11.8 Å². The van der Waals surface area contributed by atoms with Crippen molar-refractivity contribution in [3.8, 4) is 0 Å². The lowest BCUT2D eigenvalue weighted by Gasteiger charge is -2.16. The normalized spacial score (nSPS) is 13.9. The number of carbonyl (C=O) groups excluding carboxylic acids is 2. The minimum atomic E-state index is -3.62. The molecule has 2 atom stereocenters. The van der Waals surface area contributed by atoms with Crippen LogP contribution in [0.4, 0.5) is 0 Å². The van der Waals surface area contributed by atoms with Gasteiger partial charge < -0.3 is 14.6 Å². The summed E-state index contributed by atoms with van der Waals surface area (Å²) in [6, 6.07) is 0. The van der Waals surface area contributed by atoms with Crippen LogP contribution in [-0.4, -0.2) is 58.1 Å². The first kappa shape index (κ1) is 23.1. The quantitative estimate of drug-likeness (QED) is 0.542. The maximum absolute atomic E-state index is 11.0. The third-order valence-corrected chi connectivity index (χ3v) is 2.95. The number of hydrogen-bond donors (Lipinski definition) is 1. The Balaban J connectivity index is 0. The molecule has 1 N–H and O–H groups in total. The maximum Gasteiger partial charge on any atom is 0.336 e. The van der Waals surface area contributed by atoms with Crippen LogP contribution >= 0.6 is 0 Å². The molecule has 0 aromatic rings. The highest BCUT2D eigenvalue weighted by Gasteiger charge is 2.27. The molecule has 0 amide bonds. The summed E-state index contributed by atoms with van der Waals surface area (Å²) >= 11 is 0. The largest absolute Gasteiger partial charge is 0.467 e. The smallest absolute Gasteiger partial charge is 0.336 e. The molecule has 0 aliphatic heterocycles. The van der Waals surface area contributed by atoms with Gasteiger partial charge in [0.25, 0.3) is 10.1 Å². The van der Waals surface area contributed by atoms with Crippen molar-refractivity contribution >= 4 is 22.1 Å². The van der Waals surface area contributed by atoms with Gasteiger partial charge >= 0.3 is 11.9 Å². The van der Waals surface area contributed by atoms with E-state index in [9.17, 15) is 18.0 Å². The fraction of sp³-hybridized carbons (Fsp3) is 0.846. The molecule has 0 rings (SSSR count). The summed E-state index contributed by atoms with van der Waals surface area (Å²) in [5.41, 5.74) is 0. The van der Waals surface area contributed by atoms with E-state index in [4.69, 9.17) is 5.11 Å². The predicted molar refractivity (Wildman–Crippen MR) is 79.4 cm³/mol. The Labute approximate surface area is 131 Å². The Kier molecular flexibility index (Phi) is 11.0. The van der Waals surface area contributed by atoms with E-state index in [1.807, 2.05) is 0 Å². The first-order chi connectivity index (χ1) is 9.87. The Morgan fingerprint density at radius 1 is 0.909 bits per heavy atom. The molecule has 0 fully saturated rings. The number of carbonyl (C=O) groups is 2. The van der Waals surface area contributed by atoms with Gasteiger partial charge in [0.1, 0.15) is 0 Å². The summed E-state index contributed by atoms with van der Waals surface area (Å²) in [6.07, 6.45) is -1.14. The number of rotatable bonds is 6. The van der Waals surface area contributed by atoms with Gasteiger partial charge in [0.2, 0.25) is 0 Å². The number of ether oxygens (including phenoxy) is 2. The first-order valence-corrected chi connectivity index (χ1v) is 8.41. The van der Waals surface area contributed by atoms with Crippen LogP contribution in [0.3, 0.4) is 0 Å². The minimum Gasteiger partial charge on any atom is -0.467 e. The van der Waals surface area contributed by atoms with E-state index in [1.165, 1.54) is 14.2 Å². The highest BCUT2D eigenvalue weighted by atomic mass is 32.2. The average Bonchev–Trinajstić information content (AvgIpc) is 2.41. The summed E-state index contributed by atoms with van der Waals surface area (Å²) in [7, 11) is -1.18. The van der Waals surface area contributed by atoms with Crippen molar-refractivity contribution in [2.75, 3.05) is 20.5 Å². The molecule has 0 aromatic heterocycles. The van der Waals surface area contributed by atoms with Gasteiger partial charge in [0.15, 0.2) is 12.2 Å². The minimum absolute atomic E-state index is 0.0718. The molecule has 0 aliphatic carbocycles.